The minimum Gasteiger partial charge on any atom is -0.862 e. The summed E-state index contributed by atoms with van der Waals surface area (Å²) in [6.07, 6.45) is 0. The first-order chi connectivity index (χ1) is 8.88. The van der Waals surface area contributed by atoms with E-state index in [0.717, 1.165) is 5.56 Å². The Hall–Kier alpha value is -1.71. The molecule has 0 bridgehead atoms. The molecule has 1 rings (SSSR count). The third-order valence-electron chi connectivity index (χ3n) is 2.46. The number of methoxy groups -OCH3 is 1. The summed E-state index contributed by atoms with van der Waals surface area (Å²) in [4.78, 5) is 7.98. The SMILES string of the molecule is COc1ccc(CN=C([O-])C(C)(C)C)cc1N=C=S. The van der Waals surface area contributed by atoms with Gasteiger partial charge in [0.15, 0.2) is 0 Å². The molecule has 0 heterocycles. The maximum atomic E-state index is 11.7. The summed E-state index contributed by atoms with van der Waals surface area (Å²) in [6.45, 7) is 5.85. The molecule has 0 aliphatic rings. The van der Waals surface area contributed by atoms with Crippen LogP contribution < -0.4 is 9.84 Å². The molecule has 0 amide bonds. The third-order valence-corrected chi connectivity index (χ3v) is 2.55. The highest BCUT2D eigenvalue weighted by molar-refractivity contribution is 7.78. The fourth-order valence-electron chi connectivity index (χ4n) is 1.37. The average Bonchev–Trinajstić information content (AvgIpc) is 2.35. The van der Waals surface area contributed by atoms with E-state index in [1.54, 1.807) is 19.2 Å². The van der Waals surface area contributed by atoms with E-state index in [0.29, 0.717) is 18.0 Å². The topological polar surface area (TPSA) is 57.0 Å². The number of benzene rings is 1. The Labute approximate surface area is 118 Å². The Morgan fingerprint density at radius 3 is 2.63 bits per heavy atom. The van der Waals surface area contributed by atoms with E-state index < -0.39 is 5.41 Å². The average molecular weight is 277 g/mol. The Bertz CT molecular complexity index is 527. The lowest BCUT2D eigenvalue weighted by Crippen LogP contribution is -2.32. The highest BCUT2D eigenvalue weighted by Crippen LogP contribution is 2.28. The predicted octanol–water partition coefficient (Wildman–Crippen LogP) is 2.73. The highest BCUT2D eigenvalue weighted by atomic mass is 32.1. The second-order valence-electron chi connectivity index (χ2n) is 5.08. The summed E-state index contributed by atoms with van der Waals surface area (Å²) < 4.78 is 5.16. The summed E-state index contributed by atoms with van der Waals surface area (Å²) in [6, 6.07) is 5.41. The van der Waals surface area contributed by atoms with Crippen molar-refractivity contribution in [1.82, 2.24) is 0 Å². The van der Waals surface area contributed by atoms with Crippen molar-refractivity contribution in [2.75, 3.05) is 7.11 Å². The van der Waals surface area contributed by atoms with E-state index in [1.807, 2.05) is 26.8 Å². The molecule has 0 fully saturated rings. The molecule has 0 saturated heterocycles. The van der Waals surface area contributed by atoms with Gasteiger partial charge in [-0.05, 0) is 41.2 Å². The number of hydrogen-bond acceptors (Lipinski definition) is 5. The smallest absolute Gasteiger partial charge is 0.145 e. The van der Waals surface area contributed by atoms with Crippen LogP contribution in [0.15, 0.2) is 28.2 Å². The predicted molar refractivity (Wildman–Crippen MR) is 78.3 cm³/mol. The first-order valence-corrected chi connectivity index (χ1v) is 6.26. The van der Waals surface area contributed by atoms with Gasteiger partial charge < -0.3 is 14.8 Å². The van der Waals surface area contributed by atoms with E-state index in [4.69, 9.17) is 4.74 Å². The van der Waals surface area contributed by atoms with Gasteiger partial charge in [0, 0.05) is 0 Å². The molecule has 0 radical (unpaired) electrons. The molecule has 102 valence electrons. The highest BCUT2D eigenvalue weighted by Gasteiger charge is 2.09. The zero-order valence-corrected chi connectivity index (χ0v) is 12.4. The van der Waals surface area contributed by atoms with E-state index in [-0.39, 0.29) is 5.90 Å². The van der Waals surface area contributed by atoms with Crippen molar-refractivity contribution in [3.8, 4) is 5.75 Å². The van der Waals surface area contributed by atoms with Gasteiger partial charge in [-0.25, -0.2) is 0 Å². The van der Waals surface area contributed by atoms with Gasteiger partial charge in [-0.15, -0.1) is 0 Å². The first-order valence-electron chi connectivity index (χ1n) is 5.85. The van der Waals surface area contributed by atoms with Gasteiger partial charge in [0.25, 0.3) is 0 Å². The molecule has 0 N–H and O–H groups in total. The molecule has 0 spiro atoms. The van der Waals surface area contributed by atoms with Gasteiger partial charge in [-0.2, -0.15) is 4.99 Å². The number of ether oxygens (including phenoxy) is 1. The molecule has 19 heavy (non-hydrogen) atoms. The molecular weight excluding hydrogens is 260 g/mol. The number of isothiocyanates is 1. The molecule has 1 aromatic rings. The lowest BCUT2D eigenvalue weighted by Gasteiger charge is -2.26. The molecule has 0 aliphatic carbocycles. The summed E-state index contributed by atoms with van der Waals surface area (Å²) in [7, 11) is 1.56. The first kappa shape index (κ1) is 15.3. The van der Waals surface area contributed by atoms with E-state index >= 15 is 0 Å². The Morgan fingerprint density at radius 1 is 1.42 bits per heavy atom. The summed E-state index contributed by atoms with van der Waals surface area (Å²) in [5.74, 6) is 0.492. The van der Waals surface area contributed by atoms with E-state index in [2.05, 4.69) is 27.4 Å². The molecule has 0 aromatic heterocycles. The molecule has 0 unspecified atom stereocenters. The Kier molecular flexibility index (Phi) is 5.21. The molecule has 1 aromatic carbocycles. The van der Waals surface area contributed by atoms with Crippen LogP contribution in [0.25, 0.3) is 0 Å². The molecule has 0 atom stereocenters. The van der Waals surface area contributed by atoms with Crippen LogP contribution in [0.3, 0.4) is 0 Å². The lowest BCUT2D eigenvalue weighted by atomic mass is 9.97. The molecule has 0 aliphatic heterocycles. The van der Waals surface area contributed by atoms with E-state index in [1.165, 1.54) is 0 Å². The van der Waals surface area contributed by atoms with E-state index in [9.17, 15) is 5.11 Å². The number of hydrogen-bond donors (Lipinski definition) is 0. The molecule has 5 heteroatoms. The zero-order valence-electron chi connectivity index (χ0n) is 11.6. The van der Waals surface area contributed by atoms with Gasteiger partial charge in [0.05, 0.1) is 18.8 Å². The molecular formula is C14H17N2O2S-. The lowest BCUT2D eigenvalue weighted by molar-refractivity contribution is -0.229. The second-order valence-corrected chi connectivity index (χ2v) is 5.26. The Morgan fingerprint density at radius 2 is 2.11 bits per heavy atom. The van der Waals surface area contributed by atoms with Crippen LogP contribution in [0.1, 0.15) is 26.3 Å². The number of rotatable bonds is 4. The van der Waals surface area contributed by atoms with Gasteiger partial charge in [0.1, 0.15) is 11.4 Å². The molecule has 0 saturated carbocycles. The number of nitrogens with zero attached hydrogens (tertiary/aromatic N) is 2. The minimum absolute atomic E-state index is 0.122. The van der Waals surface area contributed by atoms with Crippen LogP contribution in [-0.2, 0) is 6.54 Å². The fraction of sp³-hybridized carbons (Fsp3) is 0.429. The van der Waals surface area contributed by atoms with Crippen molar-refractivity contribution < 1.29 is 9.84 Å². The molecule has 4 nitrogen and oxygen atoms in total. The van der Waals surface area contributed by atoms with Gasteiger partial charge in [-0.1, -0.05) is 26.8 Å². The van der Waals surface area contributed by atoms with Crippen LogP contribution in [0.2, 0.25) is 0 Å². The second kappa shape index (κ2) is 6.45. The fourth-order valence-corrected chi connectivity index (χ4v) is 1.47. The number of aliphatic imine (C=N–C) groups is 2. The standard InChI is InChI=1S/C14H18N2O2S/c1-14(2,3)13(17)15-8-10-5-6-12(18-4)11(7-10)16-9-19/h5-7H,8H2,1-4H3,(H,15,17)/p-1. The summed E-state index contributed by atoms with van der Waals surface area (Å²) >= 11 is 4.59. The minimum atomic E-state index is -0.456. The van der Waals surface area contributed by atoms with Gasteiger partial charge in [-0.3, -0.25) is 0 Å². The maximum absolute atomic E-state index is 11.7. The van der Waals surface area contributed by atoms with Crippen LogP contribution in [0.4, 0.5) is 5.69 Å². The largest absolute Gasteiger partial charge is 0.862 e. The summed E-state index contributed by atoms with van der Waals surface area (Å²) in [5.41, 5.74) is 1.01. The van der Waals surface area contributed by atoms with Gasteiger partial charge >= 0.3 is 0 Å². The van der Waals surface area contributed by atoms with Crippen LogP contribution in [0, 0.1) is 5.41 Å². The third kappa shape index (κ3) is 4.47. The summed E-state index contributed by atoms with van der Waals surface area (Å²) in [5, 5.41) is 14.0. The van der Waals surface area contributed by atoms with Crippen LogP contribution in [0.5, 0.6) is 5.75 Å². The van der Waals surface area contributed by atoms with Crippen molar-refractivity contribution in [1.29, 1.82) is 0 Å². The normalized spacial score (nSPS) is 11.9. The van der Waals surface area contributed by atoms with Crippen molar-refractivity contribution in [3.05, 3.63) is 23.8 Å². The van der Waals surface area contributed by atoms with Crippen molar-refractivity contribution >= 4 is 29.0 Å². The number of thiocarbonyl (C=S) groups is 1. The maximum Gasteiger partial charge on any atom is 0.145 e. The van der Waals surface area contributed by atoms with Crippen LogP contribution in [-0.4, -0.2) is 18.2 Å². The van der Waals surface area contributed by atoms with Crippen LogP contribution >= 0.6 is 12.2 Å². The van der Waals surface area contributed by atoms with Crippen molar-refractivity contribution in [2.45, 2.75) is 27.3 Å². The van der Waals surface area contributed by atoms with Crippen molar-refractivity contribution in [3.63, 3.8) is 0 Å². The zero-order chi connectivity index (χ0) is 14.5. The Balaban J connectivity index is 2.98. The van der Waals surface area contributed by atoms with Gasteiger partial charge in [0.2, 0.25) is 0 Å². The monoisotopic (exact) mass is 277 g/mol. The van der Waals surface area contributed by atoms with Crippen molar-refractivity contribution in [2.24, 2.45) is 15.4 Å². The quantitative estimate of drug-likeness (QED) is 0.483.